The van der Waals surface area contributed by atoms with E-state index in [4.69, 9.17) is 28.2 Å². The van der Waals surface area contributed by atoms with Gasteiger partial charge in [-0.05, 0) is 16.8 Å². The van der Waals surface area contributed by atoms with Crippen LogP contribution in [0.2, 0.25) is 10.0 Å². The summed E-state index contributed by atoms with van der Waals surface area (Å²) in [7, 11) is 0. The molecule has 0 aliphatic heterocycles. The van der Waals surface area contributed by atoms with Crippen LogP contribution in [-0.2, 0) is 0 Å². The predicted octanol–water partition coefficient (Wildman–Crippen LogP) is 7.87. The molecule has 0 bridgehead atoms. The molecule has 4 heteroatoms. The summed E-state index contributed by atoms with van der Waals surface area (Å²) in [6.45, 7) is 0. The molecule has 140 valence electrons. The molecule has 0 radical (unpaired) electrons. The Balaban J connectivity index is 1.79. The zero-order valence-electron chi connectivity index (χ0n) is 15.4. The zero-order chi connectivity index (χ0) is 19.8. The molecular formula is C25H16Cl2N2. The SMILES string of the molecule is Clc1cccc(-c2[nH]c(-c3cccc4ccccc34)nc2-c2ccccc2)c1Cl. The van der Waals surface area contributed by atoms with Crippen LogP contribution in [0.4, 0.5) is 0 Å². The van der Waals surface area contributed by atoms with Gasteiger partial charge in [0.05, 0.1) is 21.4 Å². The van der Waals surface area contributed by atoms with Crippen molar-refractivity contribution in [3.05, 3.63) is 101 Å². The second kappa shape index (κ2) is 7.40. The summed E-state index contributed by atoms with van der Waals surface area (Å²) < 4.78 is 0. The van der Waals surface area contributed by atoms with Gasteiger partial charge in [0.1, 0.15) is 5.82 Å². The highest BCUT2D eigenvalue weighted by atomic mass is 35.5. The molecule has 0 saturated heterocycles. The van der Waals surface area contributed by atoms with E-state index in [0.29, 0.717) is 10.0 Å². The van der Waals surface area contributed by atoms with Crippen LogP contribution in [0.3, 0.4) is 0 Å². The van der Waals surface area contributed by atoms with Crippen LogP contribution in [-0.4, -0.2) is 9.97 Å². The van der Waals surface area contributed by atoms with E-state index < -0.39 is 0 Å². The maximum atomic E-state index is 6.56. The van der Waals surface area contributed by atoms with Gasteiger partial charge in [-0.15, -0.1) is 0 Å². The molecule has 2 nitrogen and oxygen atoms in total. The van der Waals surface area contributed by atoms with Gasteiger partial charge in [0, 0.05) is 16.7 Å². The average Bonchev–Trinajstić information content (AvgIpc) is 3.21. The first-order chi connectivity index (χ1) is 14.2. The summed E-state index contributed by atoms with van der Waals surface area (Å²) in [5.41, 5.74) is 4.59. The fourth-order valence-electron chi connectivity index (χ4n) is 3.63. The van der Waals surface area contributed by atoms with Gasteiger partial charge in [0.25, 0.3) is 0 Å². The van der Waals surface area contributed by atoms with Gasteiger partial charge in [0.2, 0.25) is 0 Å². The van der Waals surface area contributed by atoms with Gasteiger partial charge < -0.3 is 4.98 Å². The van der Waals surface area contributed by atoms with E-state index in [9.17, 15) is 0 Å². The normalized spacial score (nSPS) is 11.1. The molecule has 5 rings (SSSR count). The molecule has 0 amide bonds. The summed E-state index contributed by atoms with van der Waals surface area (Å²) in [5.74, 6) is 0.798. The van der Waals surface area contributed by atoms with Crippen molar-refractivity contribution in [2.24, 2.45) is 0 Å². The Kier molecular flexibility index (Phi) is 4.59. The Morgan fingerprint density at radius 1 is 0.655 bits per heavy atom. The standard InChI is InChI=1S/C25H16Cl2N2/c26-21-15-7-14-20(22(21)27)24-23(17-9-2-1-3-10-17)28-25(29-24)19-13-6-11-16-8-4-5-12-18(16)19/h1-15H,(H,28,29). The largest absolute Gasteiger partial charge is 0.337 e. The minimum absolute atomic E-state index is 0.513. The van der Waals surface area contributed by atoms with Crippen molar-refractivity contribution in [3.8, 4) is 33.9 Å². The van der Waals surface area contributed by atoms with E-state index in [2.05, 4.69) is 35.3 Å². The number of imidazole rings is 1. The number of hydrogen-bond acceptors (Lipinski definition) is 1. The zero-order valence-corrected chi connectivity index (χ0v) is 16.9. The second-order valence-corrected chi connectivity index (χ2v) is 7.59. The molecule has 0 fully saturated rings. The van der Waals surface area contributed by atoms with E-state index in [-0.39, 0.29) is 0 Å². The lowest BCUT2D eigenvalue weighted by Crippen LogP contribution is -1.85. The Morgan fingerprint density at radius 3 is 2.21 bits per heavy atom. The van der Waals surface area contributed by atoms with Crippen molar-refractivity contribution in [1.82, 2.24) is 9.97 Å². The Morgan fingerprint density at radius 2 is 1.34 bits per heavy atom. The first kappa shape index (κ1) is 18.0. The van der Waals surface area contributed by atoms with Crippen molar-refractivity contribution in [3.63, 3.8) is 0 Å². The van der Waals surface area contributed by atoms with Crippen LogP contribution in [0.1, 0.15) is 0 Å². The van der Waals surface area contributed by atoms with Gasteiger partial charge in [-0.3, -0.25) is 0 Å². The summed E-state index contributed by atoms with van der Waals surface area (Å²) in [4.78, 5) is 8.51. The lowest BCUT2D eigenvalue weighted by Gasteiger charge is -2.06. The predicted molar refractivity (Wildman–Crippen MR) is 122 cm³/mol. The van der Waals surface area contributed by atoms with Crippen molar-refractivity contribution >= 4 is 34.0 Å². The van der Waals surface area contributed by atoms with E-state index in [1.54, 1.807) is 6.07 Å². The highest BCUT2D eigenvalue weighted by molar-refractivity contribution is 6.43. The minimum atomic E-state index is 0.513. The average molecular weight is 415 g/mol. The highest BCUT2D eigenvalue weighted by Crippen LogP contribution is 2.39. The van der Waals surface area contributed by atoms with Gasteiger partial charge in [-0.1, -0.05) is 108 Å². The fraction of sp³-hybridized carbons (Fsp3) is 0. The molecular weight excluding hydrogens is 399 g/mol. The molecule has 0 aliphatic rings. The van der Waals surface area contributed by atoms with Crippen LogP contribution < -0.4 is 0 Å². The van der Waals surface area contributed by atoms with Crippen molar-refractivity contribution < 1.29 is 0 Å². The molecule has 0 saturated carbocycles. The number of fused-ring (bicyclic) bond motifs is 1. The summed E-state index contributed by atoms with van der Waals surface area (Å²) in [5, 5.41) is 3.35. The quantitative estimate of drug-likeness (QED) is 0.319. The number of H-pyrrole nitrogens is 1. The van der Waals surface area contributed by atoms with Crippen LogP contribution in [0.5, 0.6) is 0 Å². The van der Waals surface area contributed by atoms with Gasteiger partial charge in [0.15, 0.2) is 0 Å². The molecule has 0 unspecified atom stereocenters. The topological polar surface area (TPSA) is 28.7 Å². The summed E-state index contributed by atoms with van der Waals surface area (Å²) >= 11 is 12.9. The summed E-state index contributed by atoms with van der Waals surface area (Å²) in [6, 6.07) is 30.3. The molecule has 0 aliphatic carbocycles. The number of nitrogens with one attached hydrogen (secondary N) is 1. The number of benzene rings is 4. The van der Waals surface area contributed by atoms with Crippen LogP contribution in [0, 0.1) is 0 Å². The molecule has 0 spiro atoms. The third-order valence-corrected chi connectivity index (χ3v) is 5.84. The molecule has 0 atom stereocenters. The monoisotopic (exact) mass is 414 g/mol. The maximum Gasteiger partial charge on any atom is 0.139 e. The molecule has 1 N–H and O–H groups in total. The third-order valence-electron chi connectivity index (χ3n) is 5.02. The molecule has 1 heterocycles. The number of hydrogen-bond donors (Lipinski definition) is 1. The number of nitrogens with zero attached hydrogens (tertiary/aromatic N) is 1. The van der Waals surface area contributed by atoms with Crippen molar-refractivity contribution in [2.75, 3.05) is 0 Å². The van der Waals surface area contributed by atoms with Crippen molar-refractivity contribution in [2.45, 2.75) is 0 Å². The van der Waals surface area contributed by atoms with E-state index in [1.807, 2.05) is 54.6 Å². The minimum Gasteiger partial charge on any atom is -0.337 e. The second-order valence-electron chi connectivity index (χ2n) is 6.80. The van der Waals surface area contributed by atoms with Crippen LogP contribution in [0.15, 0.2) is 91.0 Å². The van der Waals surface area contributed by atoms with E-state index >= 15 is 0 Å². The van der Waals surface area contributed by atoms with Crippen LogP contribution in [0.25, 0.3) is 44.7 Å². The first-order valence-corrected chi connectivity index (χ1v) is 10.1. The van der Waals surface area contributed by atoms with Gasteiger partial charge in [-0.25, -0.2) is 4.98 Å². The lowest BCUT2D eigenvalue weighted by molar-refractivity contribution is 1.32. The van der Waals surface area contributed by atoms with E-state index in [0.717, 1.165) is 39.3 Å². The summed E-state index contributed by atoms with van der Waals surface area (Å²) in [6.07, 6.45) is 0. The lowest BCUT2D eigenvalue weighted by atomic mass is 10.0. The number of rotatable bonds is 3. The number of halogens is 2. The van der Waals surface area contributed by atoms with Crippen molar-refractivity contribution in [1.29, 1.82) is 0 Å². The Hall–Kier alpha value is -3.07. The first-order valence-electron chi connectivity index (χ1n) is 9.30. The highest BCUT2D eigenvalue weighted by Gasteiger charge is 2.19. The Labute approximate surface area is 178 Å². The third kappa shape index (κ3) is 3.21. The molecule has 5 aromatic rings. The fourth-order valence-corrected chi connectivity index (χ4v) is 4.02. The molecule has 4 aromatic carbocycles. The van der Waals surface area contributed by atoms with Gasteiger partial charge in [-0.2, -0.15) is 0 Å². The van der Waals surface area contributed by atoms with Gasteiger partial charge >= 0.3 is 0 Å². The smallest absolute Gasteiger partial charge is 0.139 e. The molecule has 29 heavy (non-hydrogen) atoms. The number of aromatic nitrogens is 2. The number of aromatic amines is 1. The van der Waals surface area contributed by atoms with E-state index in [1.165, 1.54) is 5.39 Å². The molecule has 1 aromatic heterocycles. The maximum absolute atomic E-state index is 6.56. The van der Waals surface area contributed by atoms with Crippen LogP contribution >= 0.6 is 23.2 Å². The Bertz CT molecular complexity index is 1320.